The minimum Gasteiger partial charge on any atom is -0.420 e. The van der Waals surface area contributed by atoms with Gasteiger partial charge in [0.05, 0.1) is 0 Å². The lowest BCUT2D eigenvalue weighted by atomic mass is 10.2. The Kier molecular flexibility index (Phi) is 2.24. The molecule has 0 bridgehead atoms. The molecule has 0 unspecified atom stereocenters. The highest BCUT2D eigenvalue weighted by Gasteiger charge is 2.06. The van der Waals surface area contributed by atoms with Crippen LogP contribution in [0.4, 0.5) is 0 Å². The molecule has 5 nitrogen and oxygen atoms in total. The molecule has 5 heteroatoms. The van der Waals surface area contributed by atoms with Crippen LogP contribution in [0.2, 0.25) is 0 Å². The van der Waals surface area contributed by atoms with E-state index in [0.717, 1.165) is 5.56 Å². The third kappa shape index (κ3) is 1.62. The van der Waals surface area contributed by atoms with E-state index in [4.69, 9.17) is 10.2 Å². The summed E-state index contributed by atoms with van der Waals surface area (Å²) in [7, 11) is 0. The second kappa shape index (κ2) is 3.55. The van der Waals surface area contributed by atoms with Crippen LogP contribution in [0, 0.1) is 6.92 Å². The van der Waals surface area contributed by atoms with Gasteiger partial charge >= 0.3 is 0 Å². The maximum Gasteiger partial charge on any atom is 0.266 e. The van der Waals surface area contributed by atoms with E-state index in [2.05, 4.69) is 15.2 Å². The second-order valence-electron chi connectivity index (χ2n) is 2.88. The SMILES string of the molecule is Cc1nnc(-c2ccc(CN)cn2)o1. The number of hydrogen-bond acceptors (Lipinski definition) is 5. The molecule has 0 spiro atoms. The van der Waals surface area contributed by atoms with E-state index < -0.39 is 0 Å². The van der Waals surface area contributed by atoms with Gasteiger partial charge in [-0.2, -0.15) is 0 Å². The Morgan fingerprint density at radius 2 is 2.21 bits per heavy atom. The highest BCUT2D eigenvalue weighted by molar-refractivity contribution is 5.45. The van der Waals surface area contributed by atoms with Crippen molar-refractivity contribution in [2.45, 2.75) is 13.5 Å². The molecule has 2 aromatic rings. The molecule has 0 atom stereocenters. The molecule has 0 radical (unpaired) electrons. The summed E-state index contributed by atoms with van der Waals surface area (Å²) in [6.07, 6.45) is 1.70. The molecule has 0 aliphatic carbocycles. The molecule has 0 saturated carbocycles. The van der Waals surface area contributed by atoms with Gasteiger partial charge in [0.25, 0.3) is 5.89 Å². The molecule has 0 aliphatic heterocycles. The highest BCUT2D eigenvalue weighted by atomic mass is 16.4. The van der Waals surface area contributed by atoms with Gasteiger partial charge in [-0.1, -0.05) is 6.07 Å². The molecule has 0 saturated heterocycles. The van der Waals surface area contributed by atoms with Gasteiger partial charge in [0.2, 0.25) is 5.89 Å². The molecular weight excluding hydrogens is 180 g/mol. The summed E-state index contributed by atoms with van der Waals surface area (Å²) < 4.78 is 5.23. The molecule has 2 N–H and O–H groups in total. The number of pyridine rings is 1. The molecule has 0 amide bonds. The van der Waals surface area contributed by atoms with Crippen molar-refractivity contribution >= 4 is 0 Å². The Balaban J connectivity index is 2.33. The van der Waals surface area contributed by atoms with Crippen LogP contribution in [0.25, 0.3) is 11.6 Å². The number of hydrogen-bond donors (Lipinski definition) is 1. The Morgan fingerprint density at radius 1 is 1.36 bits per heavy atom. The first-order valence-corrected chi connectivity index (χ1v) is 4.25. The van der Waals surface area contributed by atoms with Crippen molar-refractivity contribution in [1.82, 2.24) is 15.2 Å². The maximum atomic E-state index is 5.45. The van der Waals surface area contributed by atoms with Crippen molar-refractivity contribution in [3.05, 3.63) is 29.8 Å². The van der Waals surface area contributed by atoms with E-state index in [9.17, 15) is 0 Å². The van der Waals surface area contributed by atoms with Crippen molar-refractivity contribution in [2.24, 2.45) is 5.73 Å². The van der Waals surface area contributed by atoms with Gasteiger partial charge in [0.1, 0.15) is 5.69 Å². The summed E-state index contributed by atoms with van der Waals surface area (Å²) in [5.41, 5.74) is 7.10. The van der Waals surface area contributed by atoms with Crippen LogP contribution in [0.5, 0.6) is 0 Å². The first-order valence-electron chi connectivity index (χ1n) is 4.25. The first-order chi connectivity index (χ1) is 6.79. The second-order valence-corrected chi connectivity index (χ2v) is 2.88. The standard InChI is InChI=1S/C9H10N4O/c1-6-12-13-9(14-6)8-3-2-7(4-10)5-11-8/h2-3,5H,4,10H2,1H3. The van der Waals surface area contributed by atoms with E-state index in [1.54, 1.807) is 13.1 Å². The lowest BCUT2D eigenvalue weighted by Crippen LogP contribution is -1.96. The lowest BCUT2D eigenvalue weighted by Gasteiger charge is -1.96. The predicted octanol–water partition coefficient (Wildman–Crippen LogP) is 0.899. The summed E-state index contributed by atoms with van der Waals surface area (Å²) in [6, 6.07) is 3.71. The predicted molar refractivity (Wildman–Crippen MR) is 50.2 cm³/mol. The van der Waals surface area contributed by atoms with Crippen LogP contribution in [0.1, 0.15) is 11.5 Å². The van der Waals surface area contributed by atoms with Crippen LogP contribution in [-0.2, 0) is 6.54 Å². The summed E-state index contributed by atoms with van der Waals surface area (Å²) in [5, 5.41) is 7.59. The largest absolute Gasteiger partial charge is 0.420 e. The third-order valence-electron chi connectivity index (χ3n) is 1.81. The zero-order chi connectivity index (χ0) is 9.97. The number of nitrogens with two attached hydrogens (primary N) is 1. The van der Waals surface area contributed by atoms with Gasteiger partial charge in [-0.3, -0.25) is 4.98 Å². The van der Waals surface area contributed by atoms with Crippen LogP contribution in [0.15, 0.2) is 22.7 Å². The van der Waals surface area contributed by atoms with Crippen molar-refractivity contribution < 1.29 is 4.42 Å². The molecular formula is C9H10N4O. The van der Waals surface area contributed by atoms with E-state index in [1.807, 2.05) is 12.1 Å². The minimum atomic E-state index is 0.436. The normalized spacial score (nSPS) is 10.4. The Hall–Kier alpha value is -1.75. The smallest absolute Gasteiger partial charge is 0.266 e. The van der Waals surface area contributed by atoms with E-state index in [1.165, 1.54) is 0 Å². The van der Waals surface area contributed by atoms with Crippen LogP contribution in [0.3, 0.4) is 0 Å². The fourth-order valence-corrected chi connectivity index (χ4v) is 1.07. The van der Waals surface area contributed by atoms with Crippen LogP contribution >= 0.6 is 0 Å². The van der Waals surface area contributed by atoms with Gasteiger partial charge in [0.15, 0.2) is 0 Å². The Labute approximate surface area is 81.0 Å². The maximum absolute atomic E-state index is 5.45. The first kappa shape index (κ1) is 8.83. The fraction of sp³-hybridized carbons (Fsp3) is 0.222. The minimum absolute atomic E-state index is 0.436. The summed E-state index contributed by atoms with van der Waals surface area (Å²) >= 11 is 0. The van der Waals surface area contributed by atoms with Gasteiger partial charge in [-0.05, 0) is 11.6 Å². The average Bonchev–Trinajstić information content (AvgIpc) is 2.65. The van der Waals surface area contributed by atoms with Crippen molar-refractivity contribution in [1.29, 1.82) is 0 Å². The monoisotopic (exact) mass is 190 g/mol. The van der Waals surface area contributed by atoms with Gasteiger partial charge < -0.3 is 10.2 Å². The zero-order valence-corrected chi connectivity index (χ0v) is 7.77. The van der Waals surface area contributed by atoms with Crippen molar-refractivity contribution in [2.75, 3.05) is 0 Å². The van der Waals surface area contributed by atoms with E-state index >= 15 is 0 Å². The van der Waals surface area contributed by atoms with Crippen molar-refractivity contribution in [3.63, 3.8) is 0 Å². The Bertz CT molecular complexity index is 421. The lowest BCUT2D eigenvalue weighted by molar-refractivity contribution is 0.531. The van der Waals surface area contributed by atoms with Gasteiger partial charge in [0, 0.05) is 19.7 Å². The molecule has 2 aromatic heterocycles. The molecule has 2 heterocycles. The van der Waals surface area contributed by atoms with Crippen LogP contribution in [-0.4, -0.2) is 15.2 Å². The Morgan fingerprint density at radius 3 is 2.71 bits per heavy atom. The number of aromatic nitrogens is 3. The molecule has 0 aromatic carbocycles. The fourth-order valence-electron chi connectivity index (χ4n) is 1.07. The van der Waals surface area contributed by atoms with Gasteiger partial charge in [-0.25, -0.2) is 0 Å². The average molecular weight is 190 g/mol. The highest BCUT2D eigenvalue weighted by Crippen LogP contribution is 2.14. The van der Waals surface area contributed by atoms with E-state index in [0.29, 0.717) is 24.0 Å². The number of aryl methyl sites for hydroxylation is 1. The molecule has 2 rings (SSSR count). The van der Waals surface area contributed by atoms with E-state index in [-0.39, 0.29) is 0 Å². The molecule has 0 fully saturated rings. The number of nitrogens with zero attached hydrogens (tertiary/aromatic N) is 3. The van der Waals surface area contributed by atoms with Crippen molar-refractivity contribution in [3.8, 4) is 11.6 Å². The summed E-state index contributed by atoms with van der Waals surface area (Å²) in [4.78, 5) is 4.16. The zero-order valence-electron chi connectivity index (χ0n) is 7.77. The molecule has 72 valence electrons. The molecule has 0 aliphatic rings. The number of rotatable bonds is 2. The quantitative estimate of drug-likeness (QED) is 0.761. The van der Waals surface area contributed by atoms with Gasteiger partial charge in [-0.15, -0.1) is 10.2 Å². The molecule has 14 heavy (non-hydrogen) atoms. The third-order valence-corrected chi connectivity index (χ3v) is 1.81. The van der Waals surface area contributed by atoms with Crippen LogP contribution < -0.4 is 5.73 Å². The summed E-state index contributed by atoms with van der Waals surface area (Å²) in [5.74, 6) is 0.968. The summed E-state index contributed by atoms with van der Waals surface area (Å²) in [6.45, 7) is 2.22. The topological polar surface area (TPSA) is 77.8 Å².